The second-order valence-electron chi connectivity index (χ2n) is 4.50. The summed E-state index contributed by atoms with van der Waals surface area (Å²) in [6.07, 6.45) is 1.41. The molecule has 0 bridgehead atoms. The molecule has 0 radical (unpaired) electrons. The number of nitrogen functional groups attached to an aromatic ring is 1. The Bertz CT molecular complexity index is 326. The van der Waals surface area contributed by atoms with Crippen LogP contribution in [0.3, 0.4) is 0 Å². The van der Waals surface area contributed by atoms with Gasteiger partial charge in [0.2, 0.25) is 0 Å². The molecule has 0 saturated carbocycles. The molecule has 1 aromatic carbocycles. The van der Waals surface area contributed by atoms with E-state index >= 15 is 0 Å². The lowest BCUT2D eigenvalue weighted by atomic mass is 10.2. The second-order valence-corrected chi connectivity index (χ2v) is 4.50. The lowest BCUT2D eigenvalue weighted by Gasteiger charge is -2.25. The quantitative estimate of drug-likeness (QED) is 0.740. The van der Waals surface area contributed by atoms with Crippen LogP contribution in [0, 0.1) is 0 Å². The smallest absolute Gasteiger partial charge is 0.0645 e. The molecule has 3 nitrogen and oxygen atoms in total. The summed E-state index contributed by atoms with van der Waals surface area (Å²) in [5.41, 5.74) is 7.80. The molecular formula is C14H24N2O. The van der Waals surface area contributed by atoms with E-state index in [-0.39, 0.29) is 0 Å². The third kappa shape index (κ3) is 5.09. The van der Waals surface area contributed by atoms with Gasteiger partial charge in [-0.05, 0) is 38.5 Å². The van der Waals surface area contributed by atoms with Gasteiger partial charge in [-0.3, -0.25) is 0 Å². The zero-order chi connectivity index (χ0) is 12.7. The molecule has 0 fully saturated rings. The van der Waals surface area contributed by atoms with Crippen LogP contribution in [0.15, 0.2) is 24.3 Å². The molecule has 2 N–H and O–H groups in total. The highest BCUT2D eigenvalue weighted by atomic mass is 16.5. The van der Waals surface area contributed by atoms with E-state index in [1.165, 1.54) is 5.69 Å². The third-order valence-electron chi connectivity index (χ3n) is 2.54. The van der Waals surface area contributed by atoms with Gasteiger partial charge in [-0.15, -0.1) is 0 Å². The number of nitrogens with two attached hydrogens (primary N) is 1. The van der Waals surface area contributed by atoms with Crippen LogP contribution < -0.4 is 10.6 Å². The van der Waals surface area contributed by atoms with Crippen molar-refractivity contribution in [2.45, 2.75) is 33.3 Å². The maximum Gasteiger partial charge on any atom is 0.0645 e. The monoisotopic (exact) mass is 236 g/mol. The lowest BCUT2D eigenvalue weighted by Crippen LogP contribution is -2.29. The molecule has 0 heterocycles. The van der Waals surface area contributed by atoms with Crippen LogP contribution in [0.2, 0.25) is 0 Å². The van der Waals surface area contributed by atoms with E-state index in [0.29, 0.717) is 6.10 Å². The first-order valence-corrected chi connectivity index (χ1v) is 6.35. The van der Waals surface area contributed by atoms with Crippen LogP contribution in [0.5, 0.6) is 0 Å². The SMILES string of the molecule is CCCN(CCOC(C)C)c1cccc(N)c1. The van der Waals surface area contributed by atoms with Crippen molar-refractivity contribution in [3.63, 3.8) is 0 Å². The minimum Gasteiger partial charge on any atom is -0.399 e. The molecule has 3 heteroatoms. The topological polar surface area (TPSA) is 38.5 Å². The van der Waals surface area contributed by atoms with Crippen molar-refractivity contribution in [3.8, 4) is 0 Å². The Labute approximate surface area is 105 Å². The number of rotatable bonds is 7. The number of anilines is 2. The number of hydrogen-bond donors (Lipinski definition) is 1. The summed E-state index contributed by atoms with van der Waals surface area (Å²) in [6, 6.07) is 8.03. The molecule has 1 rings (SSSR count). The third-order valence-corrected chi connectivity index (χ3v) is 2.54. The summed E-state index contributed by atoms with van der Waals surface area (Å²) in [4.78, 5) is 2.32. The van der Waals surface area contributed by atoms with Crippen LogP contribution in [-0.4, -0.2) is 25.8 Å². The van der Waals surface area contributed by atoms with Gasteiger partial charge in [0, 0.05) is 24.5 Å². The van der Waals surface area contributed by atoms with E-state index < -0.39 is 0 Å². The maximum atomic E-state index is 5.81. The molecule has 0 spiro atoms. The first-order chi connectivity index (χ1) is 8.13. The summed E-state index contributed by atoms with van der Waals surface area (Å²) in [5.74, 6) is 0. The van der Waals surface area contributed by atoms with E-state index in [1.807, 2.05) is 18.2 Å². The van der Waals surface area contributed by atoms with Crippen molar-refractivity contribution in [2.75, 3.05) is 30.3 Å². The van der Waals surface area contributed by atoms with Crippen molar-refractivity contribution < 1.29 is 4.74 Å². The molecule has 0 aliphatic heterocycles. The highest BCUT2D eigenvalue weighted by Crippen LogP contribution is 2.17. The summed E-state index contributed by atoms with van der Waals surface area (Å²) in [7, 11) is 0. The zero-order valence-electron chi connectivity index (χ0n) is 11.1. The molecule has 0 saturated heterocycles. The van der Waals surface area contributed by atoms with Gasteiger partial charge in [0.25, 0.3) is 0 Å². The minimum atomic E-state index is 0.291. The zero-order valence-corrected chi connectivity index (χ0v) is 11.1. The van der Waals surface area contributed by atoms with E-state index in [4.69, 9.17) is 10.5 Å². The number of hydrogen-bond acceptors (Lipinski definition) is 3. The standard InChI is InChI=1S/C14H24N2O/c1-4-8-16(9-10-17-12(2)3)14-7-5-6-13(15)11-14/h5-7,11-12H,4,8-10,15H2,1-3H3. The number of nitrogens with zero attached hydrogens (tertiary/aromatic N) is 1. The van der Waals surface area contributed by atoms with Crippen molar-refractivity contribution >= 4 is 11.4 Å². The molecule has 0 unspecified atom stereocenters. The lowest BCUT2D eigenvalue weighted by molar-refractivity contribution is 0.0840. The van der Waals surface area contributed by atoms with Gasteiger partial charge in [-0.1, -0.05) is 13.0 Å². The van der Waals surface area contributed by atoms with Crippen LogP contribution in [0.1, 0.15) is 27.2 Å². The molecule has 0 aliphatic rings. The highest BCUT2D eigenvalue weighted by Gasteiger charge is 2.06. The Morgan fingerprint density at radius 2 is 2.06 bits per heavy atom. The molecule has 96 valence electrons. The molecule has 1 aromatic rings. The first kappa shape index (κ1) is 13.8. The predicted molar refractivity (Wildman–Crippen MR) is 74.4 cm³/mol. The van der Waals surface area contributed by atoms with Gasteiger partial charge in [-0.25, -0.2) is 0 Å². The summed E-state index contributed by atoms with van der Waals surface area (Å²) in [5, 5.41) is 0. The molecule has 0 amide bonds. The maximum absolute atomic E-state index is 5.81. The van der Waals surface area contributed by atoms with Gasteiger partial charge in [-0.2, -0.15) is 0 Å². The second kappa shape index (κ2) is 7.17. The summed E-state index contributed by atoms with van der Waals surface area (Å²) < 4.78 is 5.60. The van der Waals surface area contributed by atoms with Gasteiger partial charge in [0.15, 0.2) is 0 Å². The van der Waals surface area contributed by atoms with Gasteiger partial charge in [0.05, 0.1) is 12.7 Å². The first-order valence-electron chi connectivity index (χ1n) is 6.35. The van der Waals surface area contributed by atoms with Gasteiger partial charge in [0.1, 0.15) is 0 Å². The van der Waals surface area contributed by atoms with Crippen molar-refractivity contribution in [1.29, 1.82) is 0 Å². The molecule has 17 heavy (non-hydrogen) atoms. The van der Waals surface area contributed by atoms with E-state index in [2.05, 4.69) is 31.7 Å². The fourth-order valence-corrected chi connectivity index (χ4v) is 1.76. The highest BCUT2D eigenvalue weighted by molar-refractivity contribution is 5.55. The van der Waals surface area contributed by atoms with Crippen molar-refractivity contribution in [1.82, 2.24) is 0 Å². The van der Waals surface area contributed by atoms with Crippen molar-refractivity contribution in [2.24, 2.45) is 0 Å². The minimum absolute atomic E-state index is 0.291. The predicted octanol–water partition coefficient (Wildman–Crippen LogP) is 2.91. The van der Waals surface area contributed by atoms with E-state index in [9.17, 15) is 0 Å². The average molecular weight is 236 g/mol. The Morgan fingerprint density at radius 3 is 2.65 bits per heavy atom. The Balaban J connectivity index is 2.58. The average Bonchev–Trinajstić information content (AvgIpc) is 2.27. The van der Waals surface area contributed by atoms with E-state index in [1.54, 1.807) is 0 Å². The molecular weight excluding hydrogens is 212 g/mol. The van der Waals surface area contributed by atoms with E-state index in [0.717, 1.165) is 31.8 Å². The number of benzene rings is 1. The Hall–Kier alpha value is -1.22. The van der Waals surface area contributed by atoms with Crippen LogP contribution in [0.25, 0.3) is 0 Å². The van der Waals surface area contributed by atoms with Crippen LogP contribution in [-0.2, 0) is 4.74 Å². The fourth-order valence-electron chi connectivity index (χ4n) is 1.76. The largest absolute Gasteiger partial charge is 0.399 e. The molecule has 0 aromatic heterocycles. The van der Waals surface area contributed by atoms with Crippen molar-refractivity contribution in [3.05, 3.63) is 24.3 Å². The van der Waals surface area contributed by atoms with Gasteiger partial charge >= 0.3 is 0 Å². The normalized spacial score (nSPS) is 10.8. The number of ether oxygens (including phenoxy) is 1. The Morgan fingerprint density at radius 1 is 1.29 bits per heavy atom. The molecule has 0 aliphatic carbocycles. The molecule has 0 atom stereocenters. The summed E-state index contributed by atoms with van der Waals surface area (Å²) >= 11 is 0. The Kier molecular flexibility index (Phi) is 5.84. The summed E-state index contributed by atoms with van der Waals surface area (Å²) in [6.45, 7) is 9.00. The van der Waals surface area contributed by atoms with Crippen LogP contribution >= 0.6 is 0 Å². The van der Waals surface area contributed by atoms with Crippen LogP contribution in [0.4, 0.5) is 11.4 Å². The van der Waals surface area contributed by atoms with Gasteiger partial charge < -0.3 is 15.4 Å². The fraction of sp³-hybridized carbons (Fsp3) is 0.571.